The molecule has 38 heavy (non-hydrogen) atoms. The summed E-state index contributed by atoms with van der Waals surface area (Å²) in [5, 5.41) is 1.24. The highest BCUT2D eigenvalue weighted by atomic mass is 16.5. The van der Waals surface area contributed by atoms with Crippen molar-refractivity contribution in [3.8, 4) is 17.2 Å². The number of amides is 2. The van der Waals surface area contributed by atoms with Gasteiger partial charge in [0.2, 0.25) is 0 Å². The lowest BCUT2D eigenvalue weighted by Crippen LogP contribution is -2.35. The summed E-state index contributed by atoms with van der Waals surface area (Å²) in [5.74, 6) is 1.69. The van der Waals surface area contributed by atoms with Gasteiger partial charge >= 0.3 is 0 Å². The van der Waals surface area contributed by atoms with E-state index in [0.29, 0.717) is 41.9 Å². The van der Waals surface area contributed by atoms with Crippen molar-refractivity contribution in [1.82, 2.24) is 5.43 Å². The minimum atomic E-state index is -0.456. The van der Waals surface area contributed by atoms with Gasteiger partial charge in [-0.25, -0.2) is 5.01 Å². The predicted octanol–water partition coefficient (Wildman–Crippen LogP) is 5.66. The summed E-state index contributed by atoms with van der Waals surface area (Å²) in [6.45, 7) is 0.732. The molecule has 0 aromatic heterocycles. The molecular weight excluding hydrogens is 480 g/mol. The molecule has 3 aromatic rings. The standard InChI is InChI=1S/C31H32N2O5/c1-36-29-21-22(20-27-30(34)32-33(31(27)35)25-10-6-3-7-11-25)12-17-28(29)38-19-18-37-26-15-13-24(14-16-26)23-8-4-2-5-9-23/h3,6-7,10-17,20-21,23H,2,4-5,8-9,18-19H2,1H3,(H,32,34)/b27-20+. The monoisotopic (exact) mass is 512 g/mol. The van der Waals surface area contributed by atoms with Crippen molar-refractivity contribution in [2.75, 3.05) is 25.3 Å². The molecule has 0 bridgehead atoms. The third-order valence-electron chi connectivity index (χ3n) is 6.97. The van der Waals surface area contributed by atoms with Crippen LogP contribution in [-0.4, -0.2) is 32.1 Å². The molecule has 1 saturated carbocycles. The second kappa shape index (κ2) is 11.9. The maximum Gasteiger partial charge on any atom is 0.282 e. The highest BCUT2D eigenvalue weighted by Gasteiger charge is 2.34. The lowest BCUT2D eigenvalue weighted by Gasteiger charge is -2.22. The first-order chi connectivity index (χ1) is 18.6. The van der Waals surface area contributed by atoms with Crippen LogP contribution in [0.25, 0.3) is 6.08 Å². The predicted molar refractivity (Wildman–Crippen MR) is 146 cm³/mol. The zero-order valence-corrected chi connectivity index (χ0v) is 21.5. The number of nitrogens with zero attached hydrogens (tertiary/aromatic N) is 1. The minimum absolute atomic E-state index is 0.0486. The number of ether oxygens (including phenoxy) is 3. The fourth-order valence-electron chi connectivity index (χ4n) is 4.96. The molecule has 196 valence electrons. The minimum Gasteiger partial charge on any atom is -0.493 e. The van der Waals surface area contributed by atoms with Crippen LogP contribution in [0, 0.1) is 0 Å². The highest BCUT2D eigenvalue weighted by molar-refractivity contribution is 6.31. The van der Waals surface area contributed by atoms with Crippen LogP contribution in [-0.2, 0) is 9.59 Å². The molecule has 5 rings (SSSR count). The molecule has 7 nitrogen and oxygen atoms in total. The summed E-state index contributed by atoms with van der Waals surface area (Å²) in [4.78, 5) is 25.3. The summed E-state index contributed by atoms with van der Waals surface area (Å²) < 4.78 is 17.2. The lowest BCUT2D eigenvalue weighted by atomic mass is 9.84. The summed E-state index contributed by atoms with van der Waals surface area (Å²) >= 11 is 0. The highest BCUT2D eigenvalue weighted by Crippen LogP contribution is 2.33. The summed E-state index contributed by atoms with van der Waals surface area (Å²) in [5.41, 5.74) is 5.30. The van der Waals surface area contributed by atoms with Gasteiger partial charge in [0.15, 0.2) is 11.5 Å². The Labute approximate surface area is 223 Å². The van der Waals surface area contributed by atoms with Gasteiger partial charge in [0.25, 0.3) is 11.8 Å². The number of benzene rings is 3. The molecule has 1 aliphatic carbocycles. The van der Waals surface area contributed by atoms with Crippen LogP contribution in [0.2, 0.25) is 0 Å². The van der Waals surface area contributed by atoms with E-state index in [4.69, 9.17) is 14.2 Å². The van der Waals surface area contributed by atoms with Gasteiger partial charge in [-0.2, -0.15) is 0 Å². The topological polar surface area (TPSA) is 77.1 Å². The largest absolute Gasteiger partial charge is 0.493 e. The third-order valence-corrected chi connectivity index (χ3v) is 6.97. The second-order valence-corrected chi connectivity index (χ2v) is 9.49. The summed E-state index contributed by atoms with van der Waals surface area (Å²) in [7, 11) is 1.55. The van der Waals surface area contributed by atoms with Gasteiger partial charge in [0.1, 0.15) is 24.5 Å². The average Bonchev–Trinajstić information content (AvgIpc) is 3.25. The number of rotatable bonds is 9. The Morgan fingerprint density at radius 2 is 1.61 bits per heavy atom. The van der Waals surface area contributed by atoms with Gasteiger partial charge in [0, 0.05) is 0 Å². The van der Waals surface area contributed by atoms with E-state index < -0.39 is 11.8 Å². The number of hydrazine groups is 1. The van der Waals surface area contributed by atoms with Crippen LogP contribution < -0.4 is 24.6 Å². The molecule has 2 aliphatic rings. The third kappa shape index (κ3) is 5.83. The lowest BCUT2D eigenvalue weighted by molar-refractivity contribution is -0.117. The molecule has 2 amide bonds. The van der Waals surface area contributed by atoms with Crippen molar-refractivity contribution >= 4 is 23.6 Å². The Balaban J connectivity index is 1.17. The molecule has 3 aromatic carbocycles. The molecule has 1 saturated heterocycles. The molecular formula is C31H32N2O5. The van der Waals surface area contributed by atoms with Crippen molar-refractivity contribution in [1.29, 1.82) is 0 Å². The fourth-order valence-corrected chi connectivity index (χ4v) is 4.96. The normalized spacial score (nSPS) is 17.0. The molecule has 0 spiro atoms. The van der Waals surface area contributed by atoms with E-state index in [9.17, 15) is 9.59 Å². The van der Waals surface area contributed by atoms with E-state index in [1.807, 2.05) is 18.2 Å². The van der Waals surface area contributed by atoms with Gasteiger partial charge in [-0.1, -0.05) is 55.7 Å². The number of nitrogens with one attached hydrogen (secondary N) is 1. The van der Waals surface area contributed by atoms with Crippen LogP contribution in [0.5, 0.6) is 17.2 Å². The Hall–Kier alpha value is -4.26. The van der Waals surface area contributed by atoms with Crippen LogP contribution >= 0.6 is 0 Å². The Morgan fingerprint density at radius 1 is 0.868 bits per heavy atom. The number of para-hydroxylation sites is 1. The first kappa shape index (κ1) is 25.4. The Bertz CT molecular complexity index is 1300. The first-order valence-corrected chi connectivity index (χ1v) is 13.1. The molecule has 2 fully saturated rings. The smallest absolute Gasteiger partial charge is 0.282 e. The van der Waals surface area contributed by atoms with Crippen LogP contribution in [0.3, 0.4) is 0 Å². The number of methoxy groups -OCH3 is 1. The van der Waals surface area contributed by atoms with Gasteiger partial charge < -0.3 is 14.2 Å². The number of hydrogen-bond donors (Lipinski definition) is 1. The molecule has 7 heteroatoms. The summed E-state index contributed by atoms with van der Waals surface area (Å²) in [6.07, 6.45) is 8.11. The number of anilines is 1. The molecule has 0 unspecified atom stereocenters. The molecule has 1 N–H and O–H groups in total. The van der Waals surface area contributed by atoms with Gasteiger partial charge in [0.05, 0.1) is 12.8 Å². The van der Waals surface area contributed by atoms with Gasteiger partial charge in [-0.05, 0) is 72.4 Å². The van der Waals surface area contributed by atoms with Crippen molar-refractivity contribution in [3.63, 3.8) is 0 Å². The van der Waals surface area contributed by atoms with Gasteiger partial charge in [-0.15, -0.1) is 0 Å². The van der Waals surface area contributed by atoms with E-state index >= 15 is 0 Å². The number of carbonyl (C=O) groups excluding carboxylic acids is 2. The molecule has 0 radical (unpaired) electrons. The zero-order chi connectivity index (χ0) is 26.3. The van der Waals surface area contributed by atoms with Crippen molar-refractivity contribution in [2.45, 2.75) is 38.0 Å². The Morgan fingerprint density at radius 3 is 2.34 bits per heavy atom. The maximum atomic E-state index is 12.8. The van der Waals surface area contributed by atoms with Crippen molar-refractivity contribution in [3.05, 3.63) is 89.5 Å². The van der Waals surface area contributed by atoms with E-state index in [1.165, 1.54) is 42.7 Å². The second-order valence-electron chi connectivity index (χ2n) is 9.49. The van der Waals surface area contributed by atoms with E-state index in [2.05, 4.69) is 17.6 Å². The molecule has 0 atom stereocenters. The quantitative estimate of drug-likeness (QED) is 0.227. The average molecular weight is 513 g/mol. The number of hydrogen-bond acceptors (Lipinski definition) is 5. The van der Waals surface area contributed by atoms with E-state index in [1.54, 1.807) is 55.7 Å². The fraction of sp³-hybridized carbons (Fsp3) is 0.290. The van der Waals surface area contributed by atoms with Crippen LogP contribution in [0.4, 0.5) is 5.69 Å². The first-order valence-electron chi connectivity index (χ1n) is 13.1. The van der Waals surface area contributed by atoms with Crippen LogP contribution in [0.15, 0.2) is 78.4 Å². The molecule has 1 aliphatic heterocycles. The maximum absolute atomic E-state index is 12.8. The summed E-state index contributed by atoms with van der Waals surface area (Å²) in [6, 6.07) is 22.7. The molecule has 1 heterocycles. The van der Waals surface area contributed by atoms with Crippen molar-refractivity contribution < 1.29 is 23.8 Å². The Kier molecular flexibility index (Phi) is 7.92. The number of carbonyl (C=O) groups is 2. The van der Waals surface area contributed by atoms with Crippen molar-refractivity contribution in [2.24, 2.45) is 0 Å². The van der Waals surface area contributed by atoms with Gasteiger partial charge in [-0.3, -0.25) is 15.0 Å². The zero-order valence-electron chi connectivity index (χ0n) is 21.5. The van der Waals surface area contributed by atoms with Crippen LogP contribution in [0.1, 0.15) is 49.1 Å². The van der Waals surface area contributed by atoms with E-state index in [-0.39, 0.29) is 5.57 Å². The van der Waals surface area contributed by atoms with E-state index in [0.717, 1.165) is 5.75 Å². The SMILES string of the molecule is COc1cc(/C=C2\C(=O)NN(c3ccccc3)C2=O)ccc1OCCOc1ccc(C2CCCCC2)cc1.